The van der Waals surface area contributed by atoms with E-state index in [0.29, 0.717) is 0 Å². The lowest BCUT2D eigenvalue weighted by molar-refractivity contribution is 0.331. The van der Waals surface area contributed by atoms with Gasteiger partial charge in [-0.15, -0.1) is 3.63 Å². The van der Waals surface area contributed by atoms with Crippen molar-refractivity contribution < 1.29 is 24.6 Å². The van der Waals surface area contributed by atoms with Crippen LogP contribution >= 0.6 is 0 Å². The Balaban J connectivity index is 4.47. The lowest BCUT2D eigenvalue weighted by Crippen LogP contribution is -2.21. The van der Waals surface area contributed by atoms with Crippen LogP contribution in [0.1, 0.15) is 0 Å². The fourth-order valence-corrected chi connectivity index (χ4v) is 2.13. The van der Waals surface area contributed by atoms with E-state index in [1.807, 2.05) is 0 Å². The Hall–Kier alpha value is -0.220. The highest BCUT2D eigenvalue weighted by Crippen LogP contribution is 2.01. The van der Waals surface area contributed by atoms with Crippen LogP contribution < -0.4 is 5.73 Å². The molecule has 0 fully saturated rings. The summed E-state index contributed by atoms with van der Waals surface area (Å²) in [5.41, 5.74) is 4.88. The van der Waals surface area contributed by atoms with E-state index in [-0.39, 0.29) is 6.54 Å². The van der Waals surface area contributed by atoms with Crippen molar-refractivity contribution >= 4 is 20.5 Å². The first-order valence-corrected chi connectivity index (χ1v) is 5.68. The normalized spacial score (nSPS) is 13.2. The summed E-state index contributed by atoms with van der Waals surface area (Å²) in [5, 5.41) is 0. The topological polar surface area (TPSA) is 113 Å². The van der Waals surface area contributed by atoms with Gasteiger partial charge in [0, 0.05) is 6.54 Å². The maximum Gasteiger partial charge on any atom is 0.414 e. The van der Waals surface area contributed by atoms with Crippen LogP contribution in [-0.4, -0.2) is 36.2 Å². The van der Waals surface area contributed by atoms with Crippen molar-refractivity contribution in [3.8, 4) is 0 Å². The molecule has 0 saturated carbocycles. The summed E-state index contributed by atoms with van der Waals surface area (Å²) in [4.78, 5) is 0. The van der Waals surface area contributed by atoms with Gasteiger partial charge in [0.05, 0.1) is 12.9 Å². The quantitative estimate of drug-likeness (QED) is 0.579. The fraction of sp³-hybridized carbons (Fsp3) is 1.00. The Morgan fingerprint density at radius 3 is 2.08 bits per heavy atom. The molecule has 0 rings (SSSR count). The van der Waals surface area contributed by atoms with Gasteiger partial charge in [0.25, 0.3) is 10.1 Å². The lowest BCUT2D eigenvalue weighted by Gasteiger charge is -2.01. The Morgan fingerprint density at radius 2 is 1.75 bits per heavy atom. The van der Waals surface area contributed by atoms with E-state index < -0.39 is 26.3 Å². The highest BCUT2D eigenvalue weighted by molar-refractivity contribution is 7.97. The molecular weight excluding hydrogens is 210 g/mol. The molecule has 0 aromatic rings. The number of hydrogen-bond donors (Lipinski definition) is 1. The molecule has 0 aliphatic heterocycles. The zero-order chi connectivity index (χ0) is 9.83. The summed E-state index contributed by atoms with van der Waals surface area (Å²) >= 11 is 0. The average Bonchev–Trinajstić information content (AvgIpc) is 1.85. The monoisotopic (exact) mass is 219 g/mol. The molecule has 0 spiro atoms. The third-order valence-corrected chi connectivity index (χ3v) is 3.40. The zero-order valence-corrected chi connectivity index (χ0v) is 7.89. The molecule has 0 aliphatic carbocycles. The first-order valence-electron chi connectivity index (χ1n) is 2.77. The van der Waals surface area contributed by atoms with Crippen molar-refractivity contribution in [2.24, 2.45) is 5.73 Å². The van der Waals surface area contributed by atoms with Crippen LogP contribution in [0.4, 0.5) is 0 Å². The van der Waals surface area contributed by atoms with Crippen molar-refractivity contribution in [2.75, 3.05) is 19.4 Å². The van der Waals surface area contributed by atoms with E-state index in [2.05, 4.69) is 7.81 Å². The van der Waals surface area contributed by atoms with Gasteiger partial charge in [0.15, 0.2) is 0 Å². The standard InChI is InChI=1S/C3H9NO6S2/c1-9-12(7,8)10-11(5,6)3-2-4/h2-4H2,1H3. The smallest absolute Gasteiger partial charge is 0.329 e. The van der Waals surface area contributed by atoms with Crippen LogP contribution in [0.15, 0.2) is 0 Å². The second-order valence-electron chi connectivity index (χ2n) is 1.69. The van der Waals surface area contributed by atoms with Crippen LogP contribution in [0.3, 0.4) is 0 Å². The lowest BCUT2D eigenvalue weighted by atomic mass is 10.8. The van der Waals surface area contributed by atoms with Crippen molar-refractivity contribution in [2.45, 2.75) is 0 Å². The minimum absolute atomic E-state index is 0.221. The molecular formula is C3H9NO6S2. The van der Waals surface area contributed by atoms with E-state index in [9.17, 15) is 16.8 Å². The van der Waals surface area contributed by atoms with Crippen LogP contribution in [0.5, 0.6) is 0 Å². The molecule has 0 radical (unpaired) electrons. The second-order valence-corrected chi connectivity index (χ2v) is 4.91. The van der Waals surface area contributed by atoms with Gasteiger partial charge in [-0.05, 0) is 0 Å². The summed E-state index contributed by atoms with van der Waals surface area (Å²) in [6.07, 6.45) is 0. The summed E-state index contributed by atoms with van der Waals surface area (Å²) in [6.45, 7) is -0.221. The molecule has 0 aromatic heterocycles. The van der Waals surface area contributed by atoms with Crippen molar-refractivity contribution in [1.29, 1.82) is 0 Å². The van der Waals surface area contributed by atoms with Gasteiger partial charge in [0.2, 0.25) is 0 Å². The van der Waals surface area contributed by atoms with Gasteiger partial charge < -0.3 is 5.73 Å². The number of rotatable bonds is 5. The van der Waals surface area contributed by atoms with Crippen LogP contribution in [0.25, 0.3) is 0 Å². The highest BCUT2D eigenvalue weighted by atomic mass is 32.3. The van der Waals surface area contributed by atoms with Crippen molar-refractivity contribution in [3.63, 3.8) is 0 Å². The van der Waals surface area contributed by atoms with E-state index in [0.717, 1.165) is 7.11 Å². The van der Waals surface area contributed by atoms with E-state index in [1.54, 1.807) is 0 Å². The largest absolute Gasteiger partial charge is 0.414 e. The Kier molecular flexibility index (Phi) is 4.06. The second kappa shape index (κ2) is 4.14. The first kappa shape index (κ1) is 11.8. The van der Waals surface area contributed by atoms with E-state index >= 15 is 0 Å². The van der Waals surface area contributed by atoms with E-state index in [4.69, 9.17) is 5.73 Å². The summed E-state index contributed by atoms with van der Waals surface area (Å²) in [7, 11) is -7.80. The van der Waals surface area contributed by atoms with Gasteiger partial charge >= 0.3 is 10.4 Å². The number of nitrogens with two attached hydrogens (primary N) is 1. The summed E-state index contributed by atoms with van der Waals surface area (Å²) in [6, 6.07) is 0. The van der Waals surface area contributed by atoms with Crippen LogP contribution in [-0.2, 0) is 28.3 Å². The van der Waals surface area contributed by atoms with E-state index in [1.165, 1.54) is 0 Å². The predicted octanol–water partition coefficient (Wildman–Crippen LogP) is -1.82. The van der Waals surface area contributed by atoms with Crippen molar-refractivity contribution in [1.82, 2.24) is 0 Å². The first-order chi connectivity index (χ1) is 5.33. The maximum atomic E-state index is 10.6. The molecule has 74 valence electrons. The molecule has 12 heavy (non-hydrogen) atoms. The van der Waals surface area contributed by atoms with Gasteiger partial charge in [-0.25, -0.2) is 0 Å². The third-order valence-electron chi connectivity index (χ3n) is 0.759. The molecule has 7 nitrogen and oxygen atoms in total. The molecule has 9 heteroatoms. The molecule has 0 amide bonds. The molecule has 0 unspecified atom stereocenters. The summed E-state index contributed by atoms with van der Waals surface area (Å²) in [5.74, 6) is -0.574. The zero-order valence-electron chi connectivity index (χ0n) is 6.26. The fourth-order valence-electron chi connectivity index (χ4n) is 0.333. The molecule has 0 bridgehead atoms. The molecule has 0 saturated heterocycles. The minimum atomic E-state index is -4.44. The molecule has 0 atom stereocenters. The molecule has 0 aliphatic rings. The molecule has 2 N–H and O–H groups in total. The van der Waals surface area contributed by atoms with Gasteiger partial charge in [-0.2, -0.15) is 16.8 Å². The maximum absolute atomic E-state index is 10.6. The van der Waals surface area contributed by atoms with Crippen LogP contribution in [0, 0.1) is 0 Å². The molecule has 0 aromatic carbocycles. The average molecular weight is 219 g/mol. The van der Waals surface area contributed by atoms with Gasteiger partial charge in [-0.3, -0.25) is 4.18 Å². The SMILES string of the molecule is COS(=O)(=O)OS(=O)(=O)CCN. The minimum Gasteiger partial charge on any atom is -0.329 e. The predicted molar refractivity (Wildman–Crippen MR) is 39.9 cm³/mol. The highest BCUT2D eigenvalue weighted by Gasteiger charge is 2.21. The van der Waals surface area contributed by atoms with Gasteiger partial charge in [-0.1, -0.05) is 0 Å². The molecule has 0 heterocycles. The Morgan fingerprint density at radius 1 is 1.25 bits per heavy atom. The van der Waals surface area contributed by atoms with Gasteiger partial charge in [0.1, 0.15) is 0 Å². The Bertz CT molecular complexity index is 315. The number of hydrogen-bond acceptors (Lipinski definition) is 7. The van der Waals surface area contributed by atoms with Crippen molar-refractivity contribution in [3.05, 3.63) is 0 Å². The third kappa shape index (κ3) is 4.62. The van der Waals surface area contributed by atoms with Crippen LogP contribution in [0.2, 0.25) is 0 Å². The summed E-state index contributed by atoms with van der Waals surface area (Å²) < 4.78 is 49.5. The Labute approximate surface area is 70.9 Å².